The van der Waals surface area contributed by atoms with Crippen LogP contribution >= 0.6 is 23.1 Å². The number of carbonyl (C=O) groups is 1. The number of hydrogen-bond acceptors (Lipinski definition) is 5. The second kappa shape index (κ2) is 4.31. The molecule has 2 aromatic rings. The Bertz CT molecular complexity index is 520. The van der Waals surface area contributed by atoms with Gasteiger partial charge in [-0.05, 0) is 18.5 Å². The van der Waals surface area contributed by atoms with E-state index < -0.39 is 0 Å². The average molecular weight is 257 g/mol. The van der Waals surface area contributed by atoms with Crippen molar-refractivity contribution in [3.05, 3.63) is 27.5 Å². The van der Waals surface area contributed by atoms with Gasteiger partial charge in [0.2, 0.25) is 0 Å². The number of rotatable bonds is 3. The Hall–Kier alpha value is -1.27. The van der Waals surface area contributed by atoms with Crippen molar-refractivity contribution < 1.29 is 4.79 Å². The van der Waals surface area contributed by atoms with Gasteiger partial charge in [0.05, 0.1) is 5.69 Å². The van der Waals surface area contributed by atoms with Crippen molar-refractivity contribution >= 4 is 28.9 Å². The van der Waals surface area contributed by atoms with Crippen LogP contribution in [-0.4, -0.2) is 25.2 Å². The molecular weight excluding hydrogens is 248 g/mol. The summed E-state index contributed by atoms with van der Waals surface area (Å²) in [5, 5.41) is 9.99. The van der Waals surface area contributed by atoms with Crippen LogP contribution in [0.3, 0.4) is 0 Å². The molecule has 0 N–H and O–H groups in total. The summed E-state index contributed by atoms with van der Waals surface area (Å²) >= 11 is 7.19. The van der Waals surface area contributed by atoms with Gasteiger partial charge in [-0.1, -0.05) is 16.1 Å². The quantitative estimate of drug-likeness (QED) is 0.784. The highest BCUT2D eigenvalue weighted by atomic mass is 35.5. The highest BCUT2D eigenvalue weighted by Crippen LogP contribution is 2.20. The monoisotopic (exact) mass is 256 g/mol. The summed E-state index contributed by atoms with van der Waals surface area (Å²) in [4.78, 5) is 11.8. The maximum Gasteiger partial charge on any atom is 0.188 e. The predicted molar refractivity (Wildman–Crippen MR) is 60.9 cm³/mol. The first-order valence-corrected chi connectivity index (χ1v) is 5.79. The number of hydrogen-bond donors (Lipinski definition) is 0. The Balaban J connectivity index is 2.25. The van der Waals surface area contributed by atoms with Crippen LogP contribution in [-0.2, 0) is 13.5 Å². The van der Waals surface area contributed by atoms with E-state index in [1.165, 1.54) is 0 Å². The van der Waals surface area contributed by atoms with Crippen molar-refractivity contribution in [1.82, 2.24) is 19.4 Å². The van der Waals surface area contributed by atoms with Gasteiger partial charge in [0.15, 0.2) is 5.78 Å². The van der Waals surface area contributed by atoms with E-state index in [0.717, 1.165) is 22.8 Å². The van der Waals surface area contributed by atoms with Crippen LogP contribution < -0.4 is 0 Å². The Labute approximate surface area is 101 Å². The fraction of sp³-hybridized carbons (Fsp3) is 0.333. The Kier molecular flexibility index (Phi) is 3.02. The number of nitrogens with zero attached hydrogens (tertiary/aromatic N) is 4. The van der Waals surface area contributed by atoms with Crippen LogP contribution in [0.15, 0.2) is 5.38 Å². The molecule has 5 nitrogen and oxygen atoms in total. The molecule has 0 saturated heterocycles. The molecule has 0 bridgehead atoms. The number of ketones is 1. The lowest BCUT2D eigenvalue weighted by Crippen LogP contribution is -2.05. The van der Waals surface area contributed by atoms with E-state index in [4.69, 9.17) is 11.6 Å². The smallest absolute Gasteiger partial charge is 0.188 e. The molecule has 16 heavy (non-hydrogen) atoms. The zero-order chi connectivity index (χ0) is 11.7. The van der Waals surface area contributed by atoms with E-state index in [2.05, 4.69) is 14.7 Å². The molecule has 0 atom stereocenters. The Morgan fingerprint density at radius 2 is 2.38 bits per heavy atom. The van der Waals surface area contributed by atoms with Gasteiger partial charge in [0.25, 0.3) is 0 Å². The highest BCUT2D eigenvalue weighted by molar-refractivity contribution is 7.03. The summed E-state index contributed by atoms with van der Waals surface area (Å²) in [6.45, 7) is 1.83. The maximum absolute atomic E-state index is 11.8. The van der Waals surface area contributed by atoms with E-state index in [0.29, 0.717) is 10.8 Å². The molecule has 0 aromatic carbocycles. The number of aromatic nitrogens is 4. The van der Waals surface area contributed by atoms with Crippen molar-refractivity contribution in [3.8, 4) is 0 Å². The molecule has 0 aliphatic rings. The van der Waals surface area contributed by atoms with Crippen molar-refractivity contribution in [1.29, 1.82) is 0 Å². The third-order valence-corrected chi connectivity index (χ3v) is 3.23. The molecule has 84 valence electrons. The summed E-state index contributed by atoms with van der Waals surface area (Å²) in [7, 11) is 1.74. The average Bonchev–Trinajstić information content (AvgIpc) is 2.83. The molecule has 0 aliphatic heterocycles. The molecule has 0 fully saturated rings. The largest absolute Gasteiger partial charge is 0.292 e. The van der Waals surface area contributed by atoms with E-state index in [1.54, 1.807) is 17.1 Å². The summed E-state index contributed by atoms with van der Waals surface area (Å²) < 4.78 is 5.21. The molecule has 0 spiro atoms. The van der Waals surface area contributed by atoms with Crippen LogP contribution in [0, 0.1) is 6.92 Å². The van der Waals surface area contributed by atoms with E-state index in [9.17, 15) is 4.79 Å². The SMILES string of the molecule is Cc1nn(C)c(Cl)c1CC(=O)c1csnn1. The summed E-state index contributed by atoms with van der Waals surface area (Å²) in [5.41, 5.74) is 1.90. The first kappa shape index (κ1) is 11.2. The Morgan fingerprint density at radius 1 is 1.62 bits per heavy atom. The lowest BCUT2D eigenvalue weighted by atomic mass is 10.1. The number of aryl methyl sites for hydroxylation is 2. The third-order valence-electron chi connectivity index (χ3n) is 2.25. The summed E-state index contributed by atoms with van der Waals surface area (Å²) in [6, 6.07) is 0. The number of carbonyl (C=O) groups excluding carboxylic acids is 1. The highest BCUT2D eigenvalue weighted by Gasteiger charge is 2.17. The van der Waals surface area contributed by atoms with Crippen molar-refractivity contribution in [2.24, 2.45) is 7.05 Å². The van der Waals surface area contributed by atoms with Gasteiger partial charge in [-0.2, -0.15) is 5.10 Å². The minimum absolute atomic E-state index is 0.0910. The molecule has 0 radical (unpaired) electrons. The second-order valence-corrected chi connectivity index (χ2v) is 4.34. The molecule has 0 saturated carbocycles. The molecule has 7 heteroatoms. The second-order valence-electron chi connectivity index (χ2n) is 3.37. The summed E-state index contributed by atoms with van der Waals surface area (Å²) in [5.74, 6) is -0.0910. The third kappa shape index (κ3) is 1.98. The topological polar surface area (TPSA) is 60.7 Å². The lowest BCUT2D eigenvalue weighted by Gasteiger charge is -1.97. The first-order valence-electron chi connectivity index (χ1n) is 4.58. The van der Waals surface area contributed by atoms with E-state index in [1.807, 2.05) is 6.92 Å². The van der Waals surface area contributed by atoms with Crippen LogP contribution in [0.1, 0.15) is 21.7 Å². The van der Waals surface area contributed by atoms with Gasteiger partial charge < -0.3 is 0 Å². The predicted octanol–water partition coefficient (Wildman–Crippen LogP) is 1.66. The molecule has 2 rings (SSSR count). The van der Waals surface area contributed by atoms with Gasteiger partial charge in [-0.15, -0.1) is 5.10 Å². The first-order chi connectivity index (χ1) is 7.59. The molecule has 2 aromatic heterocycles. The standard InChI is InChI=1S/C9H9ClN4OS/c1-5-6(9(10)14(2)12-5)3-8(15)7-4-16-13-11-7/h4H,3H2,1-2H3. The van der Waals surface area contributed by atoms with E-state index in [-0.39, 0.29) is 12.2 Å². The molecule has 0 amide bonds. The molecule has 0 aliphatic carbocycles. The van der Waals surface area contributed by atoms with Gasteiger partial charge >= 0.3 is 0 Å². The lowest BCUT2D eigenvalue weighted by molar-refractivity contribution is 0.0988. The number of halogens is 1. The Morgan fingerprint density at radius 3 is 2.88 bits per heavy atom. The minimum atomic E-state index is -0.0910. The van der Waals surface area contributed by atoms with Crippen molar-refractivity contribution in [3.63, 3.8) is 0 Å². The van der Waals surface area contributed by atoms with Crippen molar-refractivity contribution in [2.45, 2.75) is 13.3 Å². The van der Waals surface area contributed by atoms with E-state index >= 15 is 0 Å². The van der Waals surface area contributed by atoms with Gasteiger partial charge in [0.1, 0.15) is 10.8 Å². The zero-order valence-corrected chi connectivity index (χ0v) is 10.3. The van der Waals surface area contributed by atoms with Gasteiger partial charge in [0, 0.05) is 24.4 Å². The van der Waals surface area contributed by atoms with Crippen LogP contribution in [0.4, 0.5) is 0 Å². The maximum atomic E-state index is 11.8. The van der Waals surface area contributed by atoms with Crippen molar-refractivity contribution in [2.75, 3.05) is 0 Å². The molecule has 0 unspecified atom stereocenters. The minimum Gasteiger partial charge on any atom is -0.292 e. The molecular formula is C9H9ClN4OS. The number of Topliss-reactive ketones (excluding diaryl/α,β-unsaturated/α-hetero) is 1. The van der Waals surface area contributed by atoms with Crippen LogP contribution in [0.25, 0.3) is 0 Å². The zero-order valence-electron chi connectivity index (χ0n) is 8.77. The van der Waals surface area contributed by atoms with Gasteiger partial charge in [-0.3, -0.25) is 9.48 Å². The van der Waals surface area contributed by atoms with Crippen LogP contribution in [0.5, 0.6) is 0 Å². The molecule has 2 heterocycles. The normalized spacial score (nSPS) is 10.7. The van der Waals surface area contributed by atoms with Crippen LogP contribution in [0.2, 0.25) is 5.15 Å². The fourth-order valence-corrected chi connectivity index (χ4v) is 2.11. The van der Waals surface area contributed by atoms with Gasteiger partial charge in [-0.25, -0.2) is 0 Å². The fourth-order valence-electron chi connectivity index (χ4n) is 1.41. The summed E-state index contributed by atoms with van der Waals surface area (Å²) in [6.07, 6.45) is 0.212.